The van der Waals surface area contributed by atoms with E-state index in [1.807, 2.05) is 6.07 Å². The van der Waals surface area contributed by atoms with Gasteiger partial charge in [-0.2, -0.15) is 0 Å². The topological polar surface area (TPSA) is 75.6 Å². The molecule has 0 aromatic carbocycles. The predicted octanol–water partition coefficient (Wildman–Crippen LogP) is 1.66. The van der Waals surface area contributed by atoms with Crippen molar-refractivity contribution in [1.29, 1.82) is 0 Å². The van der Waals surface area contributed by atoms with Crippen molar-refractivity contribution in [1.82, 2.24) is 25.3 Å². The highest BCUT2D eigenvalue weighted by molar-refractivity contribution is 5.52. The highest BCUT2D eigenvalue weighted by atomic mass is 15.1. The van der Waals surface area contributed by atoms with Gasteiger partial charge in [0.2, 0.25) is 0 Å². The first-order valence-corrected chi connectivity index (χ1v) is 7.46. The molecular formula is C15H20N6. The second-order valence-corrected chi connectivity index (χ2v) is 5.18. The van der Waals surface area contributed by atoms with Gasteiger partial charge < -0.3 is 10.6 Å². The van der Waals surface area contributed by atoms with Gasteiger partial charge in [-0.1, -0.05) is 6.92 Å². The molecule has 3 heterocycles. The average molecular weight is 284 g/mol. The monoisotopic (exact) mass is 284 g/mol. The lowest BCUT2D eigenvalue weighted by atomic mass is 10.1. The van der Waals surface area contributed by atoms with E-state index in [0.717, 1.165) is 43.9 Å². The minimum atomic E-state index is 0.473. The zero-order valence-corrected chi connectivity index (χ0v) is 12.2. The fourth-order valence-corrected chi connectivity index (χ4v) is 2.46. The van der Waals surface area contributed by atoms with Gasteiger partial charge in [-0.05, 0) is 32.4 Å². The maximum Gasteiger partial charge on any atom is 0.182 e. The molecular weight excluding hydrogens is 264 g/mol. The van der Waals surface area contributed by atoms with Crippen molar-refractivity contribution in [3.63, 3.8) is 0 Å². The van der Waals surface area contributed by atoms with Gasteiger partial charge in [0.15, 0.2) is 5.82 Å². The lowest BCUT2D eigenvalue weighted by Crippen LogP contribution is -2.35. The van der Waals surface area contributed by atoms with Crippen molar-refractivity contribution < 1.29 is 0 Å². The van der Waals surface area contributed by atoms with Gasteiger partial charge in [-0.15, -0.1) is 0 Å². The van der Waals surface area contributed by atoms with Crippen LogP contribution in [0, 0.1) is 0 Å². The van der Waals surface area contributed by atoms with Gasteiger partial charge in [0, 0.05) is 30.2 Å². The van der Waals surface area contributed by atoms with Gasteiger partial charge in [0.25, 0.3) is 0 Å². The highest BCUT2D eigenvalue weighted by Crippen LogP contribution is 2.17. The summed E-state index contributed by atoms with van der Waals surface area (Å²) in [6, 6.07) is 2.50. The SMILES string of the molecule is CCc1cc(NC2CCNCC2)nc(-c2cnccn2)n1. The summed E-state index contributed by atoms with van der Waals surface area (Å²) in [6.07, 6.45) is 8.12. The Kier molecular flexibility index (Phi) is 4.35. The van der Waals surface area contributed by atoms with Crippen molar-refractivity contribution >= 4 is 5.82 Å². The highest BCUT2D eigenvalue weighted by Gasteiger charge is 2.14. The largest absolute Gasteiger partial charge is 0.367 e. The Balaban J connectivity index is 1.86. The minimum Gasteiger partial charge on any atom is -0.367 e. The third-order valence-corrected chi connectivity index (χ3v) is 3.62. The minimum absolute atomic E-state index is 0.473. The van der Waals surface area contributed by atoms with Crippen LogP contribution in [0.15, 0.2) is 24.7 Å². The number of rotatable bonds is 4. The summed E-state index contributed by atoms with van der Waals surface area (Å²) in [5, 5.41) is 6.90. The van der Waals surface area contributed by atoms with E-state index in [9.17, 15) is 0 Å². The molecule has 0 radical (unpaired) electrons. The number of aromatic nitrogens is 4. The molecule has 2 aromatic rings. The number of hydrogen-bond acceptors (Lipinski definition) is 6. The quantitative estimate of drug-likeness (QED) is 0.889. The molecule has 0 atom stereocenters. The van der Waals surface area contributed by atoms with Gasteiger partial charge in [0.05, 0.1) is 6.20 Å². The standard InChI is InChI=1S/C15H20N6/c1-2-11-9-14(19-12-3-5-16-6-4-12)21-15(20-11)13-10-17-7-8-18-13/h7-10,12,16H,2-6H2,1H3,(H,19,20,21). The predicted molar refractivity (Wildman–Crippen MR) is 82.0 cm³/mol. The van der Waals surface area contributed by atoms with Crippen LogP contribution < -0.4 is 10.6 Å². The Hall–Kier alpha value is -2.08. The van der Waals surface area contributed by atoms with E-state index in [0.29, 0.717) is 17.6 Å². The van der Waals surface area contributed by atoms with Crippen molar-refractivity contribution in [3.05, 3.63) is 30.4 Å². The van der Waals surface area contributed by atoms with Gasteiger partial charge >= 0.3 is 0 Å². The number of aryl methyl sites for hydroxylation is 1. The van der Waals surface area contributed by atoms with Gasteiger partial charge in [-0.3, -0.25) is 4.98 Å². The lowest BCUT2D eigenvalue weighted by Gasteiger charge is -2.24. The maximum absolute atomic E-state index is 4.60. The number of nitrogens with one attached hydrogen (secondary N) is 2. The second-order valence-electron chi connectivity index (χ2n) is 5.18. The Morgan fingerprint density at radius 1 is 1.24 bits per heavy atom. The van der Waals surface area contributed by atoms with Crippen LogP contribution in [0.2, 0.25) is 0 Å². The molecule has 1 aliphatic heterocycles. The van der Waals surface area contributed by atoms with Crippen molar-refractivity contribution in [3.8, 4) is 11.5 Å². The van der Waals surface area contributed by atoms with Crippen LogP contribution in [-0.2, 0) is 6.42 Å². The summed E-state index contributed by atoms with van der Waals surface area (Å²) in [5.74, 6) is 1.52. The summed E-state index contributed by atoms with van der Waals surface area (Å²) in [5.41, 5.74) is 1.73. The molecule has 1 fully saturated rings. The first-order chi connectivity index (χ1) is 10.3. The molecule has 0 bridgehead atoms. The molecule has 0 unspecified atom stereocenters. The molecule has 6 heteroatoms. The number of hydrogen-bond donors (Lipinski definition) is 2. The molecule has 0 aliphatic carbocycles. The summed E-state index contributed by atoms with van der Waals surface area (Å²) in [6.45, 7) is 4.21. The zero-order chi connectivity index (χ0) is 14.5. The second kappa shape index (κ2) is 6.58. The van der Waals surface area contributed by atoms with Gasteiger partial charge in [0.1, 0.15) is 11.5 Å². The first-order valence-electron chi connectivity index (χ1n) is 7.46. The molecule has 0 amide bonds. The molecule has 2 aromatic heterocycles. The molecule has 110 valence electrons. The van der Waals surface area contributed by atoms with Crippen molar-refractivity contribution in [2.75, 3.05) is 18.4 Å². The number of nitrogens with zero attached hydrogens (tertiary/aromatic N) is 4. The zero-order valence-electron chi connectivity index (χ0n) is 12.2. The smallest absolute Gasteiger partial charge is 0.182 e. The molecule has 21 heavy (non-hydrogen) atoms. The normalized spacial score (nSPS) is 15.9. The third-order valence-electron chi connectivity index (χ3n) is 3.62. The van der Waals surface area contributed by atoms with Gasteiger partial charge in [-0.25, -0.2) is 15.0 Å². The van der Waals surface area contributed by atoms with Crippen LogP contribution in [0.4, 0.5) is 5.82 Å². The van der Waals surface area contributed by atoms with Crippen LogP contribution in [-0.4, -0.2) is 39.1 Å². The fraction of sp³-hybridized carbons (Fsp3) is 0.467. The molecule has 6 nitrogen and oxygen atoms in total. The van der Waals surface area contributed by atoms with Crippen LogP contribution in [0.3, 0.4) is 0 Å². The Bertz CT molecular complexity index is 580. The van der Waals surface area contributed by atoms with E-state index in [4.69, 9.17) is 0 Å². The summed E-state index contributed by atoms with van der Waals surface area (Å²) in [4.78, 5) is 17.5. The first kappa shape index (κ1) is 13.9. The van der Waals surface area contributed by atoms with Crippen LogP contribution in [0.5, 0.6) is 0 Å². The van der Waals surface area contributed by atoms with E-state index in [-0.39, 0.29) is 0 Å². The van der Waals surface area contributed by atoms with E-state index in [1.165, 1.54) is 0 Å². The molecule has 2 N–H and O–H groups in total. The molecule has 0 spiro atoms. The summed E-state index contributed by atoms with van der Waals surface area (Å²) in [7, 11) is 0. The fourth-order valence-electron chi connectivity index (χ4n) is 2.46. The van der Waals surface area contributed by atoms with Crippen LogP contribution in [0.1, 0.15) is 25.5 Å². The molecule has 3 rings (SSSR count). The van der Waals surface area contributed by atoms with E-state index < -0.39 is 0 Å². The van der Waals surface area contributed by atoms with Crippen LogP contribution >= 0.6 is 0 Å². The molecule has 0 saturated carbocycles. The molecule has 1 saturated heterocycles. The van der Waals surface area contributed by atoms with E-state index in [1.54, 1.807) is 18.6 Å². The number of piperidine rings is 1. The Morgan fingerprint density at radius 3 is 2.81 bits per heavy atom. The summed E-state index contributed by atoms with van der Waals surface area (Å²) < 4.78 is 0. The lowest BCUT2D eigenvalue weighted by molar-refractivity contribution is 0.478. The third kappa shape index (κ3) is 3.52. The van der Waals surface area contributed by atoms with E-state index >= 15 is 0 Å². The summed E-state index contributed by atoms with van der Waals surface area (Å²) >= 11 is 0. The maximum atomic E-state index is 4.60. The van der Waals surface area contributed by atoms with E-state index in [2.05, 4.69) is 37.5 Å². The Morgan fingerprint density at radius 2 is 2.10 bits per heavy atom. The Labute approximate surface area is 124 Å². The molecule has 1 aliphatic rings. The van der Waals surface area contributed by atoms with Crippen molar-refractivity contribution in [2.45, 2.75) is 32.2 Å². The van der Waals surface area contributed by atoms with Crippen LogP contribution in [0.25, 0.3) is 11.5 Å². The van der Waals surface area contributed by atoms with Crippen molar-refractivity contribution in [2.24, 2.45) is 0 Å². The number of anilines is 1. The average Bonchev–Trinajstić information content (AvgIpc) is 2.56.